The summed E-state index contributed by atoms with van der Waals surface area (Å²) in [5.74, 6) is 0.988. The lowest BCUT2D eigenvalue weighted by atomic mass is 10.1. The van der Waals surface area contributed by atoms with E-state index in [2.05, 4.69) is 65.2 Å². The molecule has 2 aromatic rings. The Bertz CT molecular complexity index is 476. The number of rotatable bonds is 7. The first-order chi connectivity index (χ1) is 9.31. The summed E-state index contributed by atoms with van der Waals surface area (Å²) in [6.07, 6.45) is 7.28. The van der Waals surface area contributed by atoms with Crippen molar-refractivity contribution in [2.75, 3.05) is 11.9 Å². The fourth-order valence-corrected chi connectivity index (χ4v) is 2.20. The van der Waals surface area contributed by atoms with Gasteiger partial charge in [0, 0.05) is 25.0 Å². The Morgan fingerprint density at radius 2 is 2.05 bits per heavy atom. The molecule has 0 aliphatic rings. The lowest BCUT2D eigenvalue weighted by Gasteiger charge is -2.17. The van der Waals surface area contributed by atoms with Gasteiger partial charge in [-0.2, -0.15) is 0 Å². The van der Waals surface area contributed by atoms with Crippen LogP contribution in [0.1, 0.15) is 38.3 Å². The number of hydrogen-bond acceptors (Lipinski definition) is 2. The van der Waals surface area contributed by atoms with Gasteiger partial charge in [0.05, 0.1) is 0 Å². The van der Waals surface area contributed by atoms with Crippen LogP contribution in [0.2, 0.25) is 0 Å². The number of benzene rings is 1. The molecular weight excluding hydrogens is 234 g/mol. The molecule has 0 aliphatic heterocycles. The Morgan fingerprint density at radius 3 is 2.79 bits per heavy atom. The molecule has 0 saturated carbocycles. The monoisotopic (exact) mass is 257 g/mol. The van der Waals surface area contributed by atoms with Gasteiger partial charge in [0.2, 0.25) is 5.95 Å². The van der Waals surface area contributed by atoms with Crippen molar-refractivity contribution in [1.29, 1.82) is 0 Å². The third-order valence-corrected chi connectivity index (χ3v) is 3.37. The normalized spacial score (nSPS) is 12.3. The molecule has 102 valence electrons. The van der Waals surface area contributed by atoms with Crippen LogP contribution in [0.3, 0.4) is 0 Å². The smallest absolute Gasteiger partial charge is 0.203 e. The molecule has 0 spiro atoms. The maximum Gasteiger partial charge on any atom is 0.203 e. The van der Waals surface area contributed by atoms with Crippen LogP contribution < -0.4 is 5.32 Å². The molecule has 0 radical (unpaired) electrons. The lowest BCUT2D eigenvalue weighted by molar-refractivity contribution is 0.511. The molecule has 1 unspecified atom stereocenters. The molecule has 1 N–H and O–H groups in total. The van der Waals surface area contributed by atoms with E-state index in [0.29, 0.717) is 6.04 Å². The van der Waals surface area contributed by atoms with Gasteiger partial charge < -0.3 is 9.88 Å². The zero-order valence-electron chi connectivity index (χ0n) is 11.8. The molecule has 0 saturated heterocycles. The minimum absolute atomic E-state index is 0.460. The highest BCUT2D eigenvalue weighted by Gasteiger charge is 2.09. The molecule has 19 heavy (non-hydrogen) atoms. The molecule has 1 aromatic carbocycles. The summed E-state index contributed by atoms with van der Waals surface area (Å²) < 4.78 is 2.23. The van der Waals surface area contributed by atoms with Gasteiger partial charge in [0.25, 0.3) is 0 Å². The zero-order chi connectivity index (χ0) is 13.5. The fourth-order valence-electron chi connectivity index (χ4n) is 2.20. The van der Waals surface area contributed by atoms with E-state index in [9.17, 15) is 0 Å². The Morgan fingerprint density at radius 1 is 1.26 bits per heavy atom. The van der Waals surface area contributed by atoms with Gasteiger partial charge >= 0.3 is 0 Å². The van der Waals surface area contributed by atoms with Gasteiger partial charge in [0.1, 0.15) is 0 Å². The van der Waals surface area contributed by atoms with Gasteiger partial charge in [0.15, 0.2) is 0 Å². The minimum Gasteiger partial charge on any atom is -0.356 e. The predicted octanol–water partition coefficient (Wildman–Crippen LogP) is 3.90. The molecule has 3 heteroatoms. The Labute approximate surface area is 115 Å². The number of nitrogens with one attached hydrogen (secondary N) is 1. The van der Waals surface area contributed by atoms with Gasteiger partial charge in [-0.25, -0.2) is 4.98 Å². The van der Waals surface area contributed by atoms with Crippen molar-refractivity contribution >= 4 is 5.95 Å². The van der Waals surface area contributed by atoms with Crippen molar-refractivity contribution in [1.82, 2.24) is 9.55 Å². The number of nitrogens with zero attached hydrogens (tertiary/aromatic N) is 2. The first-order valence-corrected chi connectivity index (χ1v) is 7.12. The maximum atomic E-state index is 4.38. The summed E-state index contributed by atoms with van der Waals surface area (Å²) in [5.41, 5.74) is 1.40. The zero-order valence-corrected chi connectivity index (χ0v) is 11.8. The largest absolute Gasteiger partial charge is 0.356 e. The van der Waals surface area contributed by atoms with E-state index < -0.39 is 0 Å². The van der Waals surface area contributed by atoms with Crippen LogP contribution in [-0.2, 0) is 6.42 Å². The number of hydrogen-bond donors (Lipinski definition) is 1. The highest BCUT2D eigenvalue weighted by Crippen LogP contribution is 2.19. The van der Waals surface area contributed by atoms with E-state index in [4.69, 9.17) is 0 Å². The van der Waals surface area contributed by atoms with E-state index in [-0.39, 0.29) is 0 Å². The highest BCUT2D eigenvalue weighted by molar-refractivity contribution is 5.26. The standard InChI is InChI=1S/C16H23N3/c1-3-11-17-16-18-12-13-19(16)14(2)9-10-15-7-5-4-6-8-15/h4-8,12-14H,3,9-11H2,1-2H3,(H,17,18). The van der Waals surface area contributed by atoms with Crippen LogP contribution in [0.25, 0.3) is 0 Å². The van der Waals surface area contributed by atoms with E-state index in [1.807, 2.05) is 6.20 Å². The number of aromatic nitrogens is 2. The predicted molar refractivity (Wildman–Crippen MR) is 80.5 cm³/mol. The topological polar surface area (TPSA) is 29.9 Å². The summed E-state index contributed by atoms with van der Waals surface area (Å²) in [4.78, 5) is 4.38. The van der Waals surface area contributed by atoms with Gasteiger partial charge in [-0.15, -0.1) is 0 Å². The number of anilines is 1. The van der Waals surface area contributed by atoms with E-state index >= 15 is 0 Å². The van der Waals surface area contributed by atoms with Crippen molar-refractivity contribution in [3.63, 3.8) is 0 Å². The second-order valence-corrected chi connectivity index (χ2v) is 4.96. The number of aryl methyl sites for hydroxylation is 1. The Hall–Kier alpha value is -1.77. The van der Waals surface area contributed by atoms with Crippen LogP contribution >= 0.6 is 0 Å². The fraction of sp³-hybridized carbons (Fsp3) is 0.438. The van der Waals surface area contributed by atoms with Crippen molar-refractivity contribution < 1.29 is 0 Å². The average Bonchev–Trinajstić information content (AvgIpc) is 2.92. The Kier molecular flexibility index (Phi) is 5.01. The lowest BCUT2D eigenvalue weighted by Crippen LogP contribution is -2.12. The molecule has 1 aromatic heterocycles. The first-order valence-electron chi connectivity index (χ1n) is 7.12. The average molecular weight is 257 g/mol. The van der Waals surface area contributed by atoms with E-state index in [1.165, 1.54) is 5.56 Å². The second-order valence-electron chi connectivity index (χ2n) is 4.96. The number of imidazole rings is 1. The van der Waals surface area contributed by atoms with Crippen LogP contribution in [0, 0.1) is 0 Å². The summed E-state index contributed by atoms with van der Waals surface area (Å²) in [6, 6.07) is 11.1. The second kappa shape index (κ2) is 6.98. The van der Waals surface area contributed by atoms with Crippen LogP contribution in [-0.4, -0.2) is 16.1 Å². The Balaban J connectivity index is 1.92. The molecule has 3 nitrogen and oxygen atoms in total. The third kappa shape index (κ3) is 3.85. The van der Waals surface area contributed by atoms with Crippen molar-refractivity contribution in [2.24, 2.45) is 0 Å². The summed E-state index contributed by atoms with van der Waals surface area (Å²) in [5, 5.41) is 3.37. The van der Waals surface area contributed by atoms with Gasteiger partial charge in [-0.3, -0.25) is 0 Å². The van der Waals surface area contributed by atoms with Crippen molar-refractivity contribution in [3.8, 4) is 0 Å². The first kappa shape index (κ1) is 13.7. The molecule has 0 amide bonds. The van der Waals surface area contributed by atoms with Crippen LogP contribution in [0.4, 0.5) is 5.95 Å². The minimum atomic E-state index is 0.460. The summed E-state index contributed by atoms with van der Waals surface area (Å²) in [7, 11) is 0. The SMILES string of the molecule is CCCNc1nccn1C(C)CCc1ccccc1. The highest BCUT2D eigenvalue weighted by atomic mass is 15.2. The molecule has 0 aliphatic carbocycles. The molecule has 0 bridgehead atoms. The van der Waals surface area contributed by atoms with Crippen LogP contribution in [0.5, 0.6) is 0 Å². The van der Waals surface area contributed by atoms with E-state index in [1.54, 1.807) is 0 Å². The van der Waals surface area contributed by atoms with E-state index in [0.717, 1.165) is 31.8 Å². The molecule has 1 heterocycles. The van der Waals surface area contributed by atoms with Gasteiger partial charge in [-0.1, -0.05) is 37.3 Å². The maximum absolute atomic E-state index is 4.38. The van der Waals surface area contributed by atoms with Crippen molar-refractivity contribution in [2.45, 2.75) is 39.2 Å². The van der Waals surface area contributed by atoms with Crippen LogP contribution in [0.15, 0.2) is 42.7 Å². The third-order valence-electron chi connectivity index (χ3n) is 3.37. The molecular formula is C16H23N3. The summed E-state index contributed by atoms with van der Waals surface area (Å²) in [6.45, 7) is 5.39. The quantitative estimate of drug-likeness (QED) is 0.815. The molecule has 2 rings (SSSR count). The van der Waals surface area contributed by atoms with Gasteiger partial charge in [-0.05, 0) is 31.7 Å². The molecule has 0 fully saturated rings. The van der Waals surface area contributed by atoms with Crippen molar-refractivity contribution in [3.05, 3.63) is 48.3 Å². The summed E-state index contributed by atoms with van der Waals surface area (Å²) >= 11 is 0. The molecule has 1 atom stereocenters.